The number of carbonyl (C=O) groups is 1. The number of aryl methyl sites for hydroxylation is 1. The third-order valence-corrected chi connectivity index (χ3v) is 7.25. The van der Waals surface area contributed by atoms with Crippen LogP contribution in [0.25, 0.3) is 10.2 Å². The maximum atomic E-state index is 13.6. The quantitative estimate of drug-likeness (QED) is 0.632. The van der Waals surface area contributed by atoms with E-state index in [4.69, 9.17) is 4.74 Å². The van der Waals surface area contributed by atoms with Gasteiger partial charge in [0.2, 0.25) is 0 Å². The first-order valence-electron chi connectivity index (χ1n) is 10.7. The summed E-state index contributed by atoms with van der Waals surface area (Å²) in [4.78, 5) is 39.4. The fourth-order valence-electron chi connectivity index (χ4n) is 3.88. The van der Waals surface area contributed by atoms with E-state index < -0.39 is 29.2 Å². The molecule has 0 bridgehead atoms. The lowest BCUT2D eigenvalue weighted by Gasteiger charge is -2.19. The van der Waals surface area contributed by atoms with Crippen LogP contribution in [-0.4, -0.2) is 26.8 Å². The van der Waals surface area contributed by atoms with E-state index >= 15 is 0 Å². The van der Waals surface area contributed by atoms with Crippen molar-refractivity contribution in [2.75, 3.05) is 0 Å². The van der Waals surface area contributed by atoms with Crippen molar-refractivity contribution in [2.45, 2.75) is 78.1 Å². The number of rotatable bonds is 6. The Morgan fingerprint density at radius 3 is 2.47 bits per heavy atom. The smallest absolute Gasteiger partial charge is 0.422 e. The Bertz CT molecular complexity index is 1190. The van der Waals surface area contributed by atoms with Gasteiger partial charge in [-0.05, 0) is 45.6 Å². The minimum absolute atomic E-state index is 0.118. The van der Waals surface area contributed by atoms with Crippen LogP contribution in [-0.2, 0) is 17.8 Å². The number of halogens is 2. The third kappa shape index (κ3) is 4.32. The van der Waals surface area contributed by atoms with Crippen molar-refractivity contribution in [3.8, 4) is 0 Å². The summed E-state index contributed by atoms with van der Waals surface area (Å²) in [7, 11) is 0. The van der Waals surface area contributed by atoms with Crippen LogP contribution in [0, 0.1) is 18.8 Å². The molecule has 4 rings (SSSR count). The van der Waals surface area contributed by atoms with E-state index in [1.165, 1.54) is 20.5 Å². The maximum Gasteiger partial charge on any atom is 0.422 e. The number of hydrogen-bond donors (Lipinski definition) is 2. The van der Waals surface area contributed by atoms with E-state index in [1.54, 1.807) is 27.7 Å². The predicted octanol–water partition coefficient (Wildman–Crippen LogP) is 3.30. The molecule has 8 nitrogen and oxygen atoms in total. The molecule has 1 amide bonds. The van der Waals surface area contributed by atoms with Crippen molar-refractivity contribution in [3.63, 3.8) is 0 Å². The molecule has 0 aliphatic heterocycles. The number of nitrogens with zero attached hydrogens (tertiary/aromatic N) is 2. The van der Waals surface area contributed by atoms with Gasteiger partial charge in [0.1, 0.15) is 10.4 Å². The molecule has 2 aromatic heterocycles. The zero-order valence-electron chi connectivity index (χ0n) is 18.8. The Morgan fingerprint density at radius 2 is 1.94 bits per heavy atom. The summed E-state index contributed by atoms with van der Waals surface area (Å²) in [6.07, 6.45) is -0.176. The van der Waals surface area contributed by atoms with Gasteiger partial charge in [-0.15, -0.1) is 11.3 Å². The molecule has 2 fully saturated rings. The van der Waals surface area contributed by atoms with E-state index in [-0.39, 0.29) is 37.0 Å². The first-order chi connectivity index (χ1) is 14.8. The lowest BCUT2D eigenvalue weighted by molar-refractivity contribution is 0.0497. The lowest BCUT2D eigenvalue weighted by Crippen LogP contribution is -2.40. The number of alkyl halides is 2. The summed E-state index contributed by atoms with van der Waals surface area (Å²) < 4.78 is 35.0. The minimum Gasteiger partial charge on any atom is -0.443 e. The summed E-state index contributed by atoms with van der Waals surface area (Å²) >= 11 is 1.21. The van der Waals surface area contributed by atoms with E-state index in [9.17, 15) is 23.2 Å². The van der Waals surface area contributed by atoms with E-state index in [0.717, 1.165) is 11.3 Å². The summed E-state index contributed by atoms with van der Waals surface area (Å²) in [6, 6.07) is -0.194. The van der Waals surface area contributed by atoms with Gasteiger partial charge >= 0.3 is 11.8 Å². The number of fused-ring (bicyclic) bond motifs is 1. The number of ether oxygens (including phenoxy) is 1. The number of aromatic nitrogens is 2. The molecule has 2 aliphatic carbocycles. The van der Waals surface area contributed by atoms with Gasteiger partial charge in [0, 0.05) is 36.3 Å². The van der Waals surface area contributed by atoms with E-state index in [0.29, 0.717) is 15.8 Å². The van der Waals surface area contributed by atoms with E-state index in [2.05, 4.69) is 10.9 Å². The van der Waals surface area contributed by atoms with Gasteiger partial charge in [-0.1, -0.05) is 6.92 Å². The zero-order chi connectivity index (χ0) is 23.6. The monoisotopic (exact) mass is 470 g/mol. The summed E-state index contributed by atoms with van der Waals surface area (Å²) in [5.41, 5.74) is 4.34. The van der Waals surface area contributed by atoms with Crippen molar-refractivity contribution in [3.05, 3.63) is 31.3 Å². The number of carbonyl (C=O) groups excluding carboxylic acids is 1. The fraction of sp³-hybridized carbons (Fsp3) is 0.667. The van der Waals surface area contributed by atoms with Crippen molar-refractivity contribution in [2.24, 2.45) is 11.8 Å². The van der Waals surface area contributed by atoms with Crippen LogP contribution in [0.15, 0.2) is 9.59 Å². The maximum absolute atomic E-state index is 13.6. The van der Waals surface area contributed by atoms with Gasteiger partial charge in [-0.3, -0.25) is 19.4 Å². The molecular weight excluding hydrogens is 442 g/mol. The van der Waals surface area contributed by atoms with Gasteiger partial charge in [0.05, 0.1) is 5.39 Å². The Balaban J connectivity index is 1.67. The molecule has 11 heteroatoms. The van der Waals surface area contributed by atoms with Crippen LogP contribution in [0.2, 0.25) is 0 Å². The predicted molar refractivity (Wildman–Crippen MR) is 117 cm³/mol. The molecule has 3 atom stereocenters. The van der Waals surface area contributed by atoms with Gasteiger partial charge in [0.15, 0.2) is 0 Å². The molecule has 0 spiro atoms. The molecule has 2 saturated carbocycles. The number of hydrogen-bond acceptors (Lipinski definition) is 6. The average molecular weight is 471 g/mol. The first kappa shape index (κ1) is 22.9. The van der Waals surface area contributed by atoms with Crippen molar-refractivity contribution >= 4 is 27.6 Å². The highest BCUT2D eigenvalue weighted by atomic mass is 32.1. The van der Waals surface area contributed by atoms with Gasteiger partial charge in [-0.25, -0.2) is 23.8 Å². The third-order valence-electron chi connectivity index (χ3n) is 5.94. The summed E-state index contributed by atoms with van der Waals surface area (Å²) in [5.74, 6) is -3.47. The van der Waals surface area contributed by atoms with Gasteiger partial charge in [-0.2, -0.15) is 0 Å². The van der Waals surface area contributed by atoms with Crippen LogP contribution in [0.1, 0.15) is 57.0 Å². The number of hydrazine groups is 1. The van der Waals surface area contributed by atoms with Crippen LogP contribution in [0.4, 0.5) is 13.6 Å². The summed E-state index contributed by atoms with van der Waals surface area (Å²) in [5, 5.41) is 0.381. The topological polar surface area (TPSA) is 94.4 Å². The molecule has 0 saturated heterocycles. The molecule has 2 N–H and O–H groups in total. The van der Waals surface area contributed by atoms with Gasteiger partial charge in [0.25, 0.3) is 11.5 Å². The molecule has 176 valence electrons. The SMILES string of the molecule is Cc1c(CNNC(=O)OC(C)(C)C)sc2c1c(=O)n([C@H]1C[C@@H]1C)c(=O)n2CC1CC1(F)F. The van der Waals surface area contributed by atoms with Crippen LogP contribution >= 0.6 is 11.3 Å². The Kier molecular flexibility index (Phi) is 5.48. The van der Waals surface area contributed by atoms with E-state index in [1.807, 2.05) is 6.92 Å². The second-order valence-corrected chi connectivity index (χ2v) is 10.9. The standard InChI is InChI=1S/C21H28F2N4O4S/c1-10-6-13(10)27-16(28)15-11(2)14(8-24-25-18(29)31-20(3,4)5)32-17(15)26(19(27)30)9-12-7-21(12,22)23/h10,12-13,24H,6-9H2,1-5H3,(H,25,29)/t10-,12?,13-/m0/s1. The van der Waals surface area contributed by atoms with Gasteiger partial charge < -0.3 is 4.74 Å². The molecule has 0 radical (unpaired) electrons. The molecule has 32 heavy (non-hydrogen) atoms. The number of amides is 1. The normalized spacial score (nSPS) is 23.9. The second-order valence-electron chi connectivity index (χ2n) is 9.82. The molecule has 2 aliphatic rings. The molecule has 2 aromatic rings. The lowest BCUT2D eigenvalue weighted by atomic mass is 10.2. The van der Waals surface area contributed by atoms with Crippen LogP contribution in [0.5, 0.6) is 0 Å². The highest BCUT2D eigenvalue weighted by Crippen LogP contribution is 2.50. The largest absolute Gasteiger partial charge is 0.443 e. The molecule has 2 heterocycles. The van der Waals surface area contributed by atoms with Crippen molar-refractivity contribution < 1.29 is 18.3 Å². The highest BCUT2D eigenvalue weighted by molar-refractivity contribution is 7.18. The molecular formula is C21H28F2N4O4S. The Morgan fingerprint density at radius 1 is 1.31 bits per heavy atom. The second kappa shape index (κ2) is 7.65. The fourth-order valence-corrected chi connectivity index (χ4v) is 5.12. The first-order valence-corrected chi connectivity index (χ1v) is 11.5. The molecule has 0 aromatic carbocycles. The number of nitrogens with one attached hydrogen (secondary N) is 2. The Labute approximate surface area is 187 Å². The Hall–Kier alpha value is -2.27. The number of thiophene rings is 1. The van der Waals surface area contributed by atoms with Crippen LogP contribution in [0.3, 0.4) is 0 Å². The van der Waals surface area contributed by atoms with Crippen LogP contribution < -0.4 is 22.1 Å². The zero-order valence-corrected chi connectivity index (χ0v) is 19.6. The van der Waals surface area contributed by atoms with Crippen molar-refractivity contribution in [1.82, 2.24) is 20.0 Å². The molecule has 1 unspecified atom stereocenters. The minimum atomic E-state index is -2.77. The summed E-state index contributed by atoms with van der Waals surface area (Å²) in [6.45, 7) is 9.04. The van der Waals surface area contributed by atoms with Crippen molar-refractivity contribution in [1.29, 1.82) is 0 Å². The average Bonchev–Trinajstić information content (AvgIpc) is 3.47. The highest BCUT2D eigenvalue weighted by Gasteiger charge is 2.57.